The van der Waals surface area contributed by atoms with Gasteiger partial charge >= 0.3 is 0 Å². The van der Waals surface area contributed by atoms with Crippen molar-refractivity contribution in [3.8, 4) is 34.4 Å². The smallest absolute Gasteiger partial charge is 0.161 e. The fraction of sp³-hybridized carbons (Fsp3) is 0.286. The summed E-state index contributed by atoms with van der Waals surface area (Å²) in [6.45, 7) is 5.08. The SMILES string of the molecule is Cc1cnc2n1-c1ccc(N3CC[C@H](N(C)C)C3)cc1Cn1cc(-c3ccc(C#N)cc3)cc1-2. The van der Waals surface area contributed by atoms with E-state index in [4.69, 9.17) is 10.2 Å². The number of benzene rings is 2. The van der Waals surface area contributed by atoms with Crippen LogP contribution in [0.4, 0.5) is 5.69 Å². The van der Waals surface area contributed by atoms with Crippen LogP contribution in [0.2, 0.25) is 0 Å². The normalized spacial score (nSPS) is 16.7. The van der Waals surface area contributed by atoms with Crippen molar-refractivity contribution in [3.63, 3.8) is 0 Å². The van der Waals surface area contributed by atoms with Crippen molar-refractivity contribution in [2.45, 2.75) is 25.9 Å². The quantitative estimate of drug-likeness (QED) is 0.402. The minimum absolute atomic E-state index is 0.604. The molecule has 2 aromatic heterocycles. The van der Waals surface area contributed by atoms with Gasteiger partial charge in [-0.2, -0.15) is 5.26 Å². The predicted octanol–water partition coefficient (Wildman–Crippen LogP) is 4.69. The third-order valence-corrected chi connectivity index (χ3v) is 7.31. The van der Waals surface area contributed by atoms with Crippen molar-refractivity contribution in [1.82, 2.24) is 19.0 Å². The zero-order valence-corrected chi connectivity index (χ0v) is 19.9. The number of fused-ring (bicyclic) bond motifs is 5. The van der Waals surface area contributed by atoms with Gasteiger partial charge in [0.1, 0.15) is 0 Å². The zero-order chi connectivity index (χ0) is 23.4. The van der Waals surface area contributed by atoms with E-state index >= 15 is 0 Å². The lowest BCUT2D eigenvalue weighted by Crippen LogP contribution is -2.31. The average Bonchev–Trinajstić information content (AvgIpc) is 3.57. The highest BCUT2D eigenvalue weighted by Gasteiger charge is 2.27. The molecule has 0 N–H and O–H groups in total. The van der Waals surface area contributed by atoms with Crippen molar-refractivity contribution < 1.29 is 0 Å². The summed E-state index contributed by atoms with van der Waals surface area (Å²) in [5.41, 5.74) is 8.97. The van der Waals surface area contributed by atoms with Crippen LogP contribution >= 0.6 is 0 Å². The number of nitriles is 1. The van der Waals surface area contributed by atoms with Crippen LogP contribution in [-0.2, 0) is 6.54 Å². The molecule has 0 aliphatic carbocycles. The number of rotatable bonds is 3. The number of aromatic nitrogens is 3. The molecule has 6 nitrogen and oxygen atoms in total. The molecule has 170 valence electrons. The van der Waals surface area contributed by atoms with Crippen LogP contribution in [0, 0.1) is 18.3 Å². The molecular formula is C28H28N6. The Morgan fingerprint density at radius 1 is 1.06 bits per heavy atom. The Morgan fingerprint density at radius 2 is 1.88 bits per heavy atom. The molecular weight excluding hydrogens is 420 g/mol. The molecule has 0 unspecified atom stereocenters. The van der Waals surface area contributed by atoms with E-state index in [2.05, 4.69) is 76.5 Å². The molecule has 2 aliphatic heterocycles. The highest BCUT2D eigenvalue weighted by molar-refractivity contribution is 5.73. The molecule has 0 saturated carbocycles. The Hall–Kier alpha value is -3.82. The van der Waals surface area contributed by atoms with E-state index in [0.29, 0.717) is 11.6 Å². The largest absolute Gasteiger partial charge is 0.370 e. The molecule has 0 radical (unpaired) electrons. The first-order valence-electron chi connectivity index (χ1n) is 11.8. The molecule has 4 aromatic rings. The number of nitrogens with zero attached hydrogens (tertiary/aromatic N) is 6. The number of hydrogen-bond donors (Lipinski definition) is 0. The van der Waals surface area contributed by atoms with Crippen LogP contribution in [0.1, 0.15) is 23.2 Å². The lowest BCUT2D eigenvalue weighted by molar-refractivity contribution is 0.315. The maximum Gasteiger partial charge on any atom is 0.161 e. The van der Waals surface area contributed by atoms with E-state index in [1.807, 2.05) is 30.5 Å². The van der Waals surface area contributed by atoms with Crippen molar-refractivity contribution >= 4 is 5.69 Å². The summed E-state index contributed by atoms with van der Waals surface area (Å²) in [5.74, 6) is 0.970. The molecule has 1 saturated heterocycles. The van der Waals surface area contributed by atoms with Crippen LogP contribution in [0.15, 0.2) is 60.9 Å². The van der Waals surface area contributed by atoms with Crippen LogP contribution in [0.5, 0.6) is 0 Å². The number of likely N-dealkylation sites (N-methyl/N-ethyl adjacent to an activating group) is 1. The van der Waals surface area contributed by atoms with Crippen LogP contribution in [0.25, 0.3) is 28.3 Å². The van der Waals surface area contributed by atoms with Crippen molar-refractivity contribution in [2.24, 2.45) is 0 Å². The molecule has 4 heterocycles. The molecule has 2 aliphatic rings. The highest BCUT2D eigenvalue weighted by Crippen LogP contribution is 2.36. The summed E-state index contributed by atoms with van der Waals surface area (Å²) in [4.78, 5) is 9.65. The Morgan fingerprint density at radius 3 is 2.62 bits per heavy atom. The number of aryl methyl sites for hydroxylation is 1. The second-order valence-corrected chi connectivity index (χ2v) is 9.65. The first-order valence-corrected chi connectivity index (χ1v) is 11.8. The summed E-state index contributed by atoms with van der Waals surface area (Å²) in [7, 11) is 4.35. The molecule has 6 rings (SSSR count). The van der Waals surface area contributed by atoms with Gasteiger partial charge in [0.15, 0.2) is 5.82 Å². The molecule has 1 fully saturated rings. The first-order chi connectivity index (χ1) is 16.5. The van der Waals surface area contributed by atoms with Gasteiger partial charge in [0, 0.05) is 55.0 Å². The maximum atomic E-state index is 9.14. The van der Waals surface area contributed by atoms with Gasteiger partial charge < -0.3 is 14.4 Å². The fourth-order valence-electron chi connectivity index (χ4n) is 5.34. The van der Waals surface area contributed by atoms with Crippen LogP contribution < -0.4 is 4.90 Å². The lowest BCUT2D eigenvalue weighted by atomic mass is 10.1. The summed E-state index contributed by atoms with van der Waals surface area (Å²) in [6.07, 6.45) is 5.37. The van der Waals surface area contributed by atoms with E-state index in [9.17, 15) is 0 Å². The summed E-state index contributed by atoms with van der Waals surface area (Å²) < 4.78 is 4.60. The number of anilines is 1. The van der Waals surface area contributed by atoms with Gasteiger partial charge in [0.25, 0.3) is 0 Å². The topological polar surface area (TPSA) is 53.0 Å². The van der Waals surface area contributed by atoms with Gasteiger partial charge in [-0.1, -0.05) is 12.1 Å². The molecule has 2 aromatic carbocycles. The van der Waals surface area contributed by atoms with Gasteiger partial charge in [0.2, 0.25) is 0 Å². The molecule has 34 heavy (non-hydrogen) atoms. The van der Waals surface area contributed by atoms with Gasteiger partial charge in [-0.3, -0.25) is 4.57 Å². The van der Waals surface area contributed by atoms with Crippen molar-refractivity contribution in [1.29, 1.82) is 5.26 Å². The van der Waals surface area contributed by atoms with Crippen LogP contribution in [0.3, 0.4) is 0 Å². The summed E-state index contributed by atoms with van der Waals surface area (Å²) >= 11 is 0. The standard InChI is InChI=1S/C28H28N6/c1-19-15-30-28-27-13-22(21-6-4-20(14-29)5-7-21)16-33(27)17-23-12-24(8-9-26(23)34(19)28)32-11-10-25(18-32)31(2)3/h4-9,12-13,15-16,25H,10-11,17-18H2,1-3H3/t25-/m0/s1. The fourth-order valence-corrected chi connectivity index (χ4v) is 5.34. The molecule has 0 bridgehead atoms. The van der Waals surface area contributed by atoms with Gasteiger partial charge in [0.05, 0.1) is 23.0 Å². The third-order valence-electron chi connectivity index (χ3n) is 7.31. The van der Waals surface area contributed by atoms with E-state index < -0.39 is 0 Å². The van der Waals surface area contributed by atoms with E-state index in [-0.39, 0.29) is 0 Å². The summed E-state index contributed by atoms with van der Waals surface area (Å²) in [5, 5.41) is 9.14. The minimum atomic E-state index is 0.604. The highest BCUT2D eigenvalue weighted by atomic mass is 15.2. The Bertz CT molecular complexity index is 1420. The average molecular weight is 449 g/mol. The molecule has 1 atom stereocenters. The number of hydrogen-bond acceptors (Lipinski definition) is 4. The first kappa shape index (κ1) is 20.8. The zero-order valence-electron chi connectivity index (χ0n) is 19.9. The van der Waals surface area contributed by atoms with E-state index in [0.717, 1.165) is 48.0 Å². The molecule has 0 spiro atoms. The van der Waals surface area contributed by atoms with Gasteiger partial charge in [-0.05, 0) is 75.0 Å². The van der Waals surface area contributed by atoms with E-state index in [1.54, 1.807) is 0 Å². The van der Waals surface area contributed by atoms with Crippen molar-refractivity contribution in [2.75, 3.05) is 32.1 Å². The second kappa shape index (κ2) is 7.89. The third kappa shape index (κ3) is 3.32. The van der Waals surface area contributed by atoms with Crippen LogP contribution in [-0.4, -0.2) is 52.2 Å². The van der Waals surface area contributed by atoms with E-state index in [1.165, 1.54) is 23.4 Å². The molecule has 6 heteroatoms. The van der Waals surface area contributed by atoms with Crippen molar-refractivity contribution in [3.05, 3.63) is 77.7 Å². The second-order valence-electron chi connectivity index (χ2n) is 9.65. The monoisotopic (exact) mass is 448 g/mol. The Balaban J connectivity index is 1.43. The minimum Gasteiger partial charge on any atom is -0.370 e. The predicted molar refractivity (Wildman–Crippen MR) is 135 cm³/mol. The Kier molecular flexibility index (Phi) is 4.82. The maximum absolute atomic E-state index is 9.14. The molecule has 0 amide bonds. The van der Waals surface area contributed by atoms with Gasteiger partial charge in [-0.15, -0.1) is 0 Å². The number of imidazole rings is 1. The summed E-state index contributed by atoms with van der Waals surface area (Å²) in [6, 6.07) is 19.7. The lowest BCUT2D eigenvalue weighted by Gasteiger charge is -2.23. The van der Waals surface area contributed by atoms with Gasteiger partial charge in [-0.25, -0.2) is 4.98 Å². The Labute approximate surface area is 200 Å².